The first-order valence-corrected chi connectivity index (χ1v) is 7.45. The van der Waals surface area contributed by atoms with Crippen molar-refractivity contribution < 1.29 is 4.92 Å². The number of fused-ring (bicyclic) bond motifs is 1. The maximum atomic E-state index is 10.8. The van der Waals surface area contributed by atoms with Gasteiger partial charge in [-0.1, -0.05) is 12.8 Å². The van der Waals surface area contributed by atoms with Crippen LogP contribution in [0, 0.1) is 16.0 Å². The van der Waals surface area contributed by atoms with Crippen molar-refractivity contribution in [2.45, 2.75) is 38.6 Å². The lowest BCUT2D eigenvalue weighted by molar-refractivity contribution is -0.384. The molecular formula is C16H19N3O2. The number of hydrogen-bond donors (Lipinski definition) is 1. The standard InChI is InChI=1S/C16H19N3O2/c1-11(12-4-2-3-5-12)17-16-9-6-13-10-14(19(20)21)7-8-15(13)18-16/h6-12H,2-5H2,1H3,(H,17,18). The first-order chi connectivity index (χ1) is 10.1. The zero-order chi connectivity index (χ0) is 14.8. The highest BCUT2D eigenvalue weighted by molar-refractivity contribution is 5.82. The third kappa shape index (κ3) is 2.96. The lowest BCUT2D eigenvalue weighted by Crippen LogP contribution is -2.24. The summed E-state index contributed by atoms with van der Waals surface area (Å²) in [5.74, 6) is 1.56. The Morgan fingerprint density at radius 3 is 2.76 bits per heavy atom. The summed E-state index contributed by atoms with van der Waals surface area (Å²) in [6, 6.07) is 8.97. The fourth-order valence-electron chi connectivity index (χ4n) is 3.12. The van der Waals surface area contributed by atoms with Gasteiger partial charge in [0.1, 0.15) is 5.82 Å². The summed E-state index contributed by atoms with van der Waals surface area (Å²) >= 11 is 0. The summed E-state index contributed by atoms with van der Waals surface area (Å²) in [6.07, 6.45) is 5.22. The highest BCUT2D eigenvalue weighted by Crippen LogP contribution is 2.29. The van der Waals surface area contributed by atoms with Gasteiger partial charge in [-0.3, -0.25) is 10.1 Å². The Morgan fingerprint density at radius 1 is 1.29 bits per heavy atom. The topological polar surface area (TPSA) is 68.1 Å². The van der Waals surface area contributed by atoms with E-state index in [1.807, 2.05) is 12.1 Å². The minimum atomic E-state index is -0.381. The Balaban J connectivity index is 1.80. The number of benzene rings is 1. The summed E-state index contributed by atoms with van der Waals surface area (Å²) < 4.78 is 0. The van der Waals surface area contributed by atoms with E-state index in [0.29, 0.717) is 6.04 Å². The number of nitrogens with one attached hydrogen (secondary N) is 1. The minimum absolute atomic E-state index is 0.101. The van der Waals surface area contributed by atoms with Gasteiger partial charge in [0.2, 0.25) is 0 Å². The molecule has 3 rings (SSSR count). The third-order valence-corrected chi connectivity index (χ3v) is 4.37. The van der Waals surface area contributed by atoms with Gasteiger partial charge in [-0.2, -0.15) is 0 Å². The van der Waals surface area contributed by atoms with Crippen LogP contribution >= 0.6 is 0 Å². The van der Waals surface area contributed by atoms with Gasteiger partial charge in [-0.05, 0) is 43.9 Å². The molecule has 1 aromatic carbocycles. The zero-order valence-corrected chi connectivity index (χ0v) is 12.1. The molecule has 1 aliphatic carbocycles. The van der Waals surface area contributed by atoms with E-state index in [9.17, 15) is 10.1 Å². The van der Waals surface area contributed by atoms with Crippen LogP contribution in [0.15, 0.2) is 30.3 Å². The van der Waals surface area contributed by atoms with Crippen LogP contribution < -0.4 is 5.32 Å². The van der Waals surface area contributed by atoms with Crippen molar-refractivity contribution in [3.63, 3.8) is 0 Å². The van der Waals surface area contributed by atoms with Gasteiger partial charge < -0.3 is 5.32 Å². The zero-order valence-electron chi connectivity index (χ0n) is 12.1. The molecule has 110 valence electrons. The van der Waals surface area contributed by atoms with Crippen molar-refractivity contribution in [3.05, 3.63) is 40.4 Å². The average molecular weight is 285 g/mol. The number of nitro benzene ring substituents is 1. The molecule has 1 aliphatic rings. The van der Waals surface area contributed by atoms with E-state index in [1.54, 1.807) is 12.1 Å². The predicted octanol–water partition coefficient (Wildman–Crippen LogP) is 4.13. The Hall–Kier alpha value is -2.17. The monoisotopic (exact) mass is 285 g/mol. The number of rotatable bonds is 4. The minimum Gasteiger partial charge on any atom is -0.367 e. The first kappa shape index (κ1) is 13.8. The van der Waals surface area contributed by atoms with Crippen LogP contribution in [-0.2, 0) is 0 Å². The van der Waals surface area contributed by atoms with Gasteiger partial charge in [0, 0.05) is 23.6 Å². The molecule has 0 amide bonds. The van der Waals surface area contributed by atoms with Crippen molar-refractivity contribution in [2.24, 2.45) is 5.92 Å². The van der Waals surface area contributed by atoms with Crippen LogP contribution in [0.4, 0.5) is 11.5 Å². The highest BCUT2D eigenvalue weighted by Gasteiger charge is 2.21. The van der Waals surface area contributed by atoms with Crippen molar-refractivity contribution in [1.29, 1.82) is 0 Å². The molecule has 0 radical (unpaired) electrons. The predicted molar refractivity (Wildman–Crippen MR) is 83.4 cm³/mol. The maximum Gasteiger partial charge on any atom is 0.270 e. The van der Waals surface area contributed by atoms with E-state index in [2.05, 4.69) is 17.2 Å². The first-order valence-electron chi connectivity index (χ1n) is 7.45. The van der Waals surface area contributed by atoms with Crippen LogP contribution in [0.5, 0.6) is 0 Å². The summed E-state index contributed by atoms with van der Waals surface area (Å²) in [6.45, 7) is 2.21. The Labute approximate surface area is 123 Å². The Bertz CT molecular complexity index is 666. The quantitative estimate of drug-likeness (QED) is 0.677. The van der Waals surface area contributed by atoms with E-state index in [0.717, 1.165) is 22.6 Å². The van der Waals surface area contributed by atoms with E-state index >= 15 is 0 Å². The number of nitro groups is 1. The number of pyridine rings is 1. The van der Waals surface area contributed by atoms with Gasteiger partial charge in [0.25, 0.3) is 5.69 Å². The van der Waals surface area contributed by atoms with E-state index in [1.165, 1.54) is 31.7 Å². The molecule has 0 spiro atoms. The summed E-state index contributed by atoms with van der Waals surface area (Å²) in [7, 11) is 0. The smallest absolute Gasteiger partial charge is 0.270 e. The highest BCUT2D eigenvalue weighted by atomic mass is 16.6. The molecule has 2 aromatic rings. The molecule has 21 heavy (non-hydrogen) atoms. The molecule has 1 aromatic heterocycles. The molecule has 0 saturated heterocycles. The second-order valence-corrected chi connectivity index (χ2v) is 5.81. The van der Waals surface area contributed by atoms with Gasteiger partial charge >= 0.3 is 0 Å². The largest absolute Gasteiger partial charge is 0.367 e. The number of non-ortho nitro benzene ring substituents is 1. The van der Waals surface area contributed by atoms with E-state index in [-0.39, 0.29) is 10.6 Å². The van der Waals surface area contributed by atoms with Crippen LogP contribution in [0.3, 0.4) is 0 Å². The van der Waals surface area contributed by atoms with Gasteiger partial charge in [-0.15, -0.1) is 0 Å². The Kier molecular flexibility index (Phi) is 3.73. The fraction of sp³-hybridized carbons (Fsp3) is 0.438. The van der Waals surface area contributed by atoms with E-state index < -0.39 is 0 Å². The van der Waals surface area contributed by atoms with Gasteiger partial charge in [-0.25, -0.2) is 4.98 Å². The van der Waals surface area contributed by atoms with Crippen molar-refractivity contribution in [3.8, 4) is 0 Å². The van der Waals surface area contributed by atoms with Gasteiger partial charge in [0.15, 0.2) is 0 Å². The fourth-order valence-corrected chi connectivity index (χ4v) is 3.12. The Morgan fingerprint density at radius 2 is 2.05 bits per heavy atom. The van der Waals surface area contributed by atoms with E-state index in [4.69, 9.17) is 0 Å². The summed E-state index contributed by atoms with van der Waals surface area (Å²) in [4.78, 5) is 14.9. The number of anilines is 1. The molecule has 1 unspecified atom stereocenters. The lowest BCUT2D eigenvalue weighted by atomic mass is 10.00. The average Bonchev–Trinajstić information content (AvgIpc) is 3.01. The third-order valence-electron chi connectivity index (χ3n) is 4.37. The molecule has 0 aliphatic heterocycles. The van der Waals surface area contributed by atoms with Crippen LogP contribution in [0.1, 0.15) is 32.6 Å². The second kappa shape index (κ2) is 5.68. The number of aromatic nitrogens is 1. The molecule has 1 fully saturated rings. The molecule has 1 atom stereocenters. The van der Waals surface area contributed by atoms with Crippen LogP contribution in [0.2, 0.25) is 0 Å². The molecule has 5 heteroatoms. The summed E-state index contributed by atoms with van der Waals surface area (Å²) in [5, 5.41) is 15.0. The molecule has 5 nitrogen and oxygen atoms in total. The molecule has 1 saturated carbocycles. The van der Waals surface area contributed by atoms with Gasteiger partial charge in [0.05, 0.1) is 10.4 Å². The number of hydrogen-bond acceptors (Lipinski definition) is 4. The molecule has 1 N–H and O–H groups in total. The SMILES string of the molecule is CC(Nc1ccc2cc([N+](=O)[O-])ccc2n1)C1CCCC1. The van der Waals surface area contributed by atoms with Crippen LogP contribution in [0.25, 0.3) is 10.9 Å². The summed E-state index contributed by atoms with van der Waals surface area (Å²) in [5.41, 5.74) is 0.883. The second-order valence-electron chi connectivity index (χ2n) is 5.81. The van der Waals surface area contributed by atoms with Crippen molar-refractivity contribution in [1.82, 2.24) is 4.98 Å². The molecular weight excluding hydrogens is 266 g/mol. The van der Waals surface area contributed by atoms with Crippen LogP contribution in [-0.4, -0.2) is 15.9 Å². The number of nitrogens with zero attached hydrogens (tertiary/aromatic N) is 2. The normalized spacial score (nSPS) is 17.0. The molecule has 0 bridgehead atoms. The van der Waals surface area contributed by atoms with Crippen molar-refractivity contribution >= 4 is 22.4 Å². The van der Waals surface area contributed by atoms with Crippen molar-refractivity contribution in [2.75, 3.05) is 5.32 Å². The maximum absolute atomic E-state index is 10.8. The molecule has 1 heterocycles. The lowest BCUT2D eigenvalue weighted by Gasteiger charge is -2.21.